The molecule has 0 heterocycles. The van der Waals surface area contributed by atoms with Crippen LogP contribution in [0.3, 0.4) is 0 Å². The first-order chi connectivity index (χ1) is 9.97. The molecular weight excluding hydrogens is 290 g/mol. The Labute approximate surface area is 125 Å². The lowest BCUT2D eigenvalue weighted by molar-refractivity contribution is 0.350. The van der Waals surface area contributed by atoms with Crippen molar-refractivity contribution in [3.63, 3.8) is 0 Å². The van der Waals surface area contributed by atoms with Gasteiger partial charge in [-0.1, -0.05) is 11.8 Å². The van der Waals surface area contributed by atoms with Gasteiger partial charge in [0, 0.05) is 6.04 Å². The smallest absolute Gasteiger partial charge is 0.240 e. The van der Waals surface area contributed by atoms with Gasteiger partial charge >= 0.3 is 0 Å². The molecule has 1 aliphatic rings. The molecule has 1 aliphatic carbocycles. The molecule has 0 aliphatic heterocycles. The fourth-order valence-electron chi connectivity index (χ4n) is 2.09. The molecule has 21 heavy (non-hydrogen) atoms. The minimum atomic E-state index is -3.57. The number of benzene rings is 1. The first-order valence-corrected chi connectivity index (χ1v) is 8.26. The third-order valence-corrected chi connectivity index (χ3v) is 5.01. The normalized spacial score (nSPS) is 16.0. The molecule has 1 aromatic rings. The topological polar surface area (TPSA) is 75.6 Å². The lowest BCUT2D eigenvalue weighted by Gasteiger charge is -2.14. The van der Waals surface area contributed by atoms with Crippen molar-refractivity contribution in [2.24, 2.45) is 5.92 Å². The van der Waals surface area contributed by atoms with E-state index in [0.29, 0.717) is 17.2 Å². The van der Waals surface area contributed by atoms with E-state index in [9.17, 15) is 8.42 Å². The van der Waals surface area contributed by atoms with Gasteiger partial charge in [0.1, 0.15) is 12.4 Å². The zero-order valence-corrected chi connectivity index (χ0v) is 12.9. The van der Waals surface area contributed by atoms with Gasteiger partial charge < -0.3 is 9.84 Å². The first kappa shape index (κ1) is 15.8. The Morgan fingerprint density at radius 1 is 1.48 bits per heavy atom. The van der Waals surface area contributed by atoms with Gasteiger partial charge in [-0.2, -0.15) is 0 Å². The molecule has 2 rings (SSSR count). The molecule has 0 aromatic heterocycles. The summed E-state index contributed by atoms with van der Waals surface area (Å²) >= 11 is 0. The molecule has 5 nitrogen and oxygen atoms in total. The van der Waals surface area contributed by atoms with Crippen LogP contribution >= 0.6 is 0 Å². The molecule has 1 aromatic carbocycles. The molecule has 1 saturated carbocycles. The number of aliphatic hydroxyl groups excluding tert-OH is 1. The second-order valence-electron chi connectivity index (χ2n) is 5.07. The molecule has 0 bridgehead atoms. The maximum Gasteiger partial charge on any atom is 0.240 e. The maximum absolute atomic E-state index is 12.4. The van der Waals surface area contributed by atoms with Crippen LogP contribution in [0.1, 0.15) is 25.3 Å². The van der Waals surface area contributed by atoms with Gasteiger partial charge in [0.25, 0.3) is 0 Å². The monoisotopic (exact) mass is 309 g/mol. The maximum atomic E-state index is 12.4. The van der Waals surface area contributed by atoms with Crippen LogP contribution in [0.4, 0.5) is 0 Å². The van der Waals surface area contributed by atoms with E-state index in [4.69, 9.17) is 9.84 Å². The standard InChI is InChI=1S/C15H19NO4S/c1-11(12-5-6-12)16-21(18,19)14-7-8-15(20-2)13(10-14)4-3-9-17/h7-8,10-12,16-17H,5-6,9H2,1-2H3. The summed E-state index contributed by atoms with van der Waals surface area (Å²) in [5, 5.41) is 8.76. The fraction of sp³-hybridized carbons (Fsp3) is 0.467. The molecular formula is C15H19NO4S. The molecule has 1 atom stereocenters. The van der Waals surface area contributed by atoms with E-state index in [-0.39, 0.29) is 17.5 Å². The molecule has 6 heteroatoms. The van der Waals surface area contributed by atoms with Crippen molar-refractivity contribution < 1.29 is 18.3 Å². The Bertz CT molecular complexity index is 669. The Balaban J connectivity index is 2.29. The molecule has 0 spiro atoms. The van der Waals surface area contributed by atoms with Crippen LogP contribution in [-0.2, 0) is 10.0 Å². The second kappa shape index (κ2) is 6.48. The molecule has 1 unspecified atom stereocenters. The van der Waals surface area contributed by atoms with Crippen LogP contribution in [0.2, 0.25) is 0 Å². The SMILES string of the molecule is COc1ccc(S(=O)(=O)NC(C)C2CC2)cc1C#CCO. The van der Waals surface area contributed by atoms with Crippen LogP contribution < -0.4 is 9.46 Å². The van der Waals surface area contributed by atoms with E-state index in [1.165, 1.54) is 19.2 Å². The van der Waals surface area contributed by atoms with E-state index in [1.54, 1.807) is 6.07 Å². The number of ether oxygens (including phenoxy) is 1. The molecule has 0 saturated heterocycles. The number of methoxy groups -OCH3 is 1. The van der Waals surface area contributed by atoms with Crippen LogP contribution in [0.15, 0.2) is 23.1 Å². The van der Waals surface area contributed by atoms with Crippen molar-refractivity contribution in [3.05, 3.63) is 23.8 Å². The summed E-state index contributed by atoms with van der Waals surface area (Å²) in [6.07, 6.45) is 2.14. The summed E-state index contributed by atoms with van der Waals surface area (Å²) < 4.78 is 32.5. The summed E-state index contributed by atoms with van der Waals surface area (Å²) in [7, 11) is -2.09. The van der Waals surface area contributed by atoms with E-state index in [0.717, 1.165) is 12.8 Å². The number of sulfonamides is 1. The lowest BCUT2D eigenvalue weighted by atomic mass is 10.2. The third-order valence-electron chi connectivity index (χ3n) is 3.45. The summed E-state index contributed by atoms with van der Waals surface area (Å²) in [6.45, 7) is 1.59. The fourth-order valence-corrected chi connectivity index (χ4v) is 3.43. The Morgan fingerprint density at radius 3 is 2.76 bits per heavy atom. The molecule has 114 valence electrons. The average Bonchev–Trinajstić information content (AvgIpc) is 3.28. The van der Waals surface area contributed by atoms with E-state index in [2.05, 4.69) is 16.6 Å². The van der Waals surface area contributed by atoms with Crippen LogP contribution in [0.5, 0.6) is 5.75 Å². The predicted molar refractivity (Wildman–Crippen MR) is 79.5 cm³/mol. The van der Waals surface area contributed by atoms with Crippen molar-refractivity contribution in [2.75, 3.05) is 13.7 Å². The largest absolute Gasteiger partial charge is 0.495 e. The Morgan fingerprint density at radius 2 is 2.19 bits per heavy atom. The van der Waals surface area contributed by atoms with Gasteiger partial charge in [-0.3, -0.25) is 0 Å². The zero-order valence-electron chi connectivity index (χ0n) is 12.1. The highest BCUT2D eigenvalue weighted by Gasteiger charge is 2.31. The molecule has 1 fully saturated rings. The van der Waals surface area contributed by atoms with Gasteiger partial charge in [-0.05, 0) is 43.9 Å². The van der Waals surface area contributed by atoms with E-state index >= 15 is 0 Å². The van der Waals surface area contributed by atoms with Gasteiger partial charge in [-0.15, -0.1) is 0 Å². The number of aliphatic hydroxyl groups is 1. The van der Waals surface area contributed by atoms with Crippen molar-refractivity contribution in [1.82, 2.24) is 4.72 Å². The molecule has 2 N–H and O–H groups in total. The highest BCUT2D eigenvalue weighted by molar-refractivity contribution is 7.89. The van der Waals surface area contributed by atoms with E-state index < -0.39 is 10.0 Å². The Kier molecular flexibility index (Phi) is 4.88. The highest BCUT2D eigenvalue weighted by Crippen LogP contribution is 2.33. The van der Waals surface area contributed by atoms with Crippen LogP contribution in [0, 0.1) is 17.8 Å². The number of hydrogen-bond donors (Lipinski definition) is 2. The summed E-state index contributed by atoms with van der Waals surface area (Å²) in [5.74, 6) is 6.11. The van der Waals surface area contributed by atoms with Crippen molar-refractivity contribution >= 4 is 10.0 Å². The number of nitrogens with one attached hydrogen (secondary N) is 1. The predicted octanol–water partition coefficient (Wildman–Crippen LogP) is 1.12. The van der Waals surface area contributed by atoms with Crippen molar-refractivity contribution in [2.45, 2.75) is 30.7 Å². The van der Waals surface area contributed by atoms with Gasteiger partial charge in [0.15, 0.2) is 0 Å². The Hall–Kier alpha value is -1.55. The van der Waals surface area contributed by atoms with Gasteiger partial charge in [-0.25, -0.2) is 13.1 Å². The summed E-state index contributed by atoms with van der Waals surface area (Å²) in [4.78, 5) is 0.151. The quantitative estimate of drug-likeness (QED) is 0.799. The van der Waals surface area contributed by atoms with Crippen molar-refractivity contribution in [3.8, 4) is 17.6 Å². The lowest BCUT2D eigenvalue weighted by Crippen LogP contribution is -2.34. The highest BCUT2D eigenvalue weighted by atomic mass is 32.2. The first-order valence-electron chi connectivity index (χ1n) is 6.78. The molecule has 0 amide bonds. The minimum Gasteiger partial charge on any atom is -0.495 e. The molecule has 0 radical (unpaired) electrons. The number of hydrogen-bond acceptors (Lipinski definition) is 4. The second-order valence-corrected chi connectivity index (χ2v) is 6.78. The van der Waals surface area contributed by atoms with Gasteiger partial charge in [0.05, 0.1) is 17.6 Å². The summed E-state index contributed by atoms with van der Waals surface area (Å²) in [6, 6.07) is 4.45. The average molecular weight is 309 g/mol. The minimum absolute atomic E-state index is 0.0657. The van der Waals surface area contributed by atoms with E-state index in [1.807, 2.05) is 6.92 Å². The van der Waals surface area contributed by atoms with Gasteiger partial charge in [0.2, 0.25) is 10.0 Å². The van der Waals surface area contributed by atoms with Crippen molar-refractivity contribution in [1.29, 1.82) is 0 Å². The van der Waals surface area contributed by atoms with Crippen LogP contribution in [0.25, 0.3) is 0 Å². The summed E-state index contributed by atoms with van der Waals surface area (Å²) in [5.41, 5.74) is 0.438. The third kappa shape index (κ3) is 3.97. The zero-order chi connectivity index (χ0) is 15.5. The number of rotatable bonds is 5. The van der Waals surface area contributed by atoms with Crippen LogP contribution in [-0.4, -0.2) is 33.3 Å².